The van der Waals surface area contributed by atoms with Gasteiger partial charge in [0.05, 0.1) is 33.7 Å². The molecule has 0 unspecified atom stereocenters. The first-order valence-electron chi connectivity index (χ1n) is 13.4. The number of rotatable bonds is 8. The van der Waals surface area contributed by atoms with E-state index < -0.39 is 23.7 Å². The Morgan fingerprint density at radius 2 is 1.86 bits per heavy atom. The van der Waals surface area contributed by atoms with E-state index in [1.807, 2.05) is 30.9 Å². The van der Waals surface area contributed by atoms with Gasteiger partial charge in [-0.25, -0.2) is 28.3 Å². The fourth-order valence-electron chi connectivity index (χ4n) is 4.60. The van der Waals surface area contributed by atoms with E-state index in [2.05, 4.69) is 20.2 Å². The number of carbonyl (C=O) groups is 2. The number of hydrogen-bond donors (Lipinski definition) is 1. The van der Waals surface area contributed by atoms with Gasteiger partial charge in [-0.15, -0.1) is 11.3 Å². The molecule has 5 aromatic rings. The predicted molar refractivity (Wildman–Crippen MR) is 161 cm³/mol. The lowest BCUT2D eigenvalue weighted by atomic mass is 10.3. The molecule has 1 N–H and O–H groups in total. The third kappa shape index (κ3) is 6.03. The summed E-state index contributed by atoms with van der Waals surface area (Å²) in [7, 11) is 4.04. The number of carbonyl (C=O) groups excluding carboxylic acids is 2. The average Bonchev–Trinajstić information content (AvgIpc) is 3.72. The maximum Gasteiger partial charge on any atom is 0.332 e. The van der Waals surface area contributed by atoms with Gasteiger partial charge in [0.1, 0.15) is 11.6 Å². The largest absolute Gasteiger partial charge is 0.453 e. The van der Waals surface area contributed by atoms with E-state index in [-0.39, 0.29) is 24.5 Å². The second-order valence-electron chi connectivity index (χ2n) is 10.2. The molecular weight excluding hydrogens is 576 g/mol. The number of aromatic nitrogens is 3. The standard InChI is InChI=1S/C30H27F2N7O3S/c1-36(2)11-12-37-17-24(34-18-37)27-16-23-28(43-27)26(9-10-33-23)42-25-8-5-20(15-22(25)32)35-29(40)39-14-13-38(30(39)41)21-6-3-19(31)4-7-21/h3-10,15-18H,11-14H2,1-2H3,(H,35,40). The lowest BCUT2D eigenvalue weighted by Crippen LogP contribution is -2.39. The zero-order valence-corrected chi connectivity index (χ0v) is 24.1. The molecule has 43 heavy (non-hydrogen) atoms. The molecular formula is C30H27F2N7O3S. The molecule has 2 aromatic carbocycles. The van der Waals surface area contributed by atoms with Crippen LogP contribution in [0.4, 0.5) is 29.7 Å². The number of fused-ring (bicyclic) bond motifs is 1. The molecule has 10 nitrogen and oxygen atoms in total. The number of imidazole rings is 1. The second kappa shape index (κ2) is 11.8. The third-order valence-electron chi connectivity index (χ3n) is 6.86. The first-order chi connectivity index (χ1) is 20.7. The van der Waals surface area contributed by atoms with Crippen molar-refractivity contribution in [2.45, 2.75) is 6.54 Å². The molecule has 6 rings (SSSR count). The van der Waals surface area contributed by atoms with Crippen LogP contribution in [0, 0.1) is 11.6 Å². The Morgan fingerprint density at radius 3 is 2.63 bits per heavy atom. The van der Waals surface area contributed by atoms with Gasteiger partial charge in [0.25, 0.3) is 0 Å². The highest BCUT2D eigenvalue weighted by Gasteiger charge is 2.34. The van der Waals surface area contributed by atoms with Crippen LogP contribution < -0.4 is 15.0 Å². The van der Waals surface area contributed by atoms with Crippen molar-refractivity contribution < 1.29 is 23.1 Å². The van der Waals surface area contributed by atoms with E-state index in [1.165, 1.54) is 52.6 Å². The molecule has 4 amide bonds. The molecule has 13 heteroatoms. The fourth-order valence-corrected chi connectivity index (χ4v) is 5.63. The third-order valence-corrected chi connectivity index (χ3v) is 8.02. The van der Waals surface area contributed by atoms with Crippen LogP contribution in [0.3, 0.4) is 0 Å². The van der Waals surface area contributed by atoms with Gasteiger partial charge in [-0.2, -0.15) is 0 Å². The van der Waals surface area contributed by atoms with Crippen molar-refractivity contribution in [1.82, 2.24) is 24.3 Å². The summed E-state index contributed by atoms with van der Waals surface area (Å²) in [4.78, 5) is 40.0. The summed E-state index contributed by atoms with van der Waals surface area (Å²) in [5, 5.41) is 2.56. The van der Waals surface area contributed by atoms with Crippen molar-refractivity contribution in [1.29, 1.82) is 0 Å². The molecule has 0 aliphatic carbocycles. The Bertz CT molecular complexity index is 1810. The number of hydrogen-bond acceptors (Lipinski definition) is 7. The zero-order valence-electron chi connectivity index (χ0n) is 23.3. The zero-order chi connectivity index (χ0) is 30.1. The molecule has 0 saturated carbocycles. The number of likely N-dealkylation sites (N-methyl/N-ethyl adjacent to an activating group) is 1. The van der Waals surface area contributed by atoms with E-state index in [0.29, 0.717) is 17.0 Å². The lowest BCUT2D eigenvalue weighted by Gasteiger charge is -2.18. The van der Waals surface area contributed by atoms with E-state index in [0.717, 1.165) is 39.3 Å². The molecule has 0 bridgehead atoms. The molecule has 220 valence electrons. The van der Waals surface area contributed by atoms with E-state index in [1.54, 1.807) is 18.6 Å². The number of amides is 4. The predicted octanol–water partition coefficient (Wildman–Crippen LogP) is 6.27. The molecule has 1 aliphatic heterocycles. The van der Waals surface area contributed by atoms with Gasteiger partial charge >= 0.3 is 12.1 Å². The van der Waals surface area contributed by atoms with Crippen LogP contribution in [-0.4, -0.2) is 70.1 Å². The van der Waals surface area contributed by atoms with E-state index in [4.69, 9.17) is 4.74 Å². The fraction of sp³-hybridized carbons (Fsp3) is 0.200. The van der Waals surface area contributed by atoms with Crippen molar-refractivity contribution >= 4 is 45.0 Å². The molecule has 1 fully saturated rings. The molecule has 0 spiro atoms. The van der Waals surface area contributed by atoms with Crippen molar-refractivity contribution in [2.75, 3.05) is 43.9 Å². The van der Waals surface area contributed by atoms with Gasteiger partial charge < -0.3 is 19.5 Å². The van der Waals surface area contributed by atoms with Gasteiger partial charge in [-0.05, 0) is 56.6 Å². The summed E-state index contributed by atoms with van der Waals surface area (Å²) in [5.74, 6) is -0.715. The first-order valence-corrected chi connectivity index (χ1v) is 14.3. The van der Waals surface area contributed by atoms with Gasteiger partial charge in [0.15, 0.2) is 11.6 Å². The number of thiophene rings is 1. The summed E-state index contributed by atoms with van der Waals surface area (Å²) >= 11 is 1.45. The maximum atomic E-state index is 15.1. The van der Waals surface area contributed by atoms with Crippen molar-refractivity contribution in [3.8, 4) is 22.1 Å². The van der Waals surface area contributed by atoms with Gasteiger partial charge in [0, 0.05) is 55.5 Å². The SMILES string of the molecule is CN(C)CCn1cnc(-c2cc3nccc(Oc4ccc(NC(=O)N5CCN(c6ccc(F)cc6)C5=O)cc4F)c3s2)c1. The average molecular weight is 604 g/mol. The van der Waals surface area contributed by atoms with Crippen LogP contribution in [0.15, 0.2) is 73.3 Å². The van der Waals surface area contributed by atoms with Crippen molar-refractivity contribution in [3.63, 3.8) is 0 Å². The number of benzene rings is 2. The van der Waals surface area contributed by atoms with Crippen LogP contribution >= 0.6 is 11.3 Å². The van der Waals surface area contributed by atoms with E-state index in [9.17, 15) is 14.0 Å². The number of imide groups is 1. The summed E-state index contributed by atoms with van der Waals surface area (Å²) in [5.41, 5.74) is 2.16. The Morgan fingerprint density at radius 1 is 1.05 bits per heavy atom. The normalized spacial score (nSPS) is 13.4. The van der Waals surface area contributed by atoms with Gasteiger partial charge in [-0.3, -0.25) is 9.88 Å². The maximum absolute atomic E-state index is 15.1. The number of halogens is 2. The van der Waals surface area contributed by atoms with E-state index >= 15 is 4.39 Å². The molecule has 0 atom stereocenters. The summed E-state index contributed by atoms with van der Waals surface area (Å²) in [6.45, 7) is 2.09. The number of nitrogens with zero attached hydrogens (tertiary/aromatic N) is 6. The molecule has 1 aliphatic rings. The number of pyridine rings is 1. The topological polar surface area (TPSA) is 95.8 Å². The van der Waals surface area contributed by atoms with Crippen LogP contribution in [0.25, 0.3) is 20.8 Å². The van der Waals surface area contributed by atoms with Gasteiger partial charge in [-0.1, -0.05) is 0 Å². The quantitative estimate of drug-likeness (QED) is 0.225. The highest BCUT2D eigenvalue weighted by Crippen LogP contribution is 2.39. The van der Waals surface area contributed by atoms with Gasteiger partial charge in [0.2, 0.25) is 0 Å². The highest BCUT2D eigenvalue weighted by atomic mass is 32.1. The van der Waals surface area contributed by atoms with Crippen LogP contribution in [0.2, 0.25) is 0 Å². The minimum atomic E-state index is -0.700. The minimum Gasteiger partial charge on any atom is -0.453 e. The monoisotopic (exact) mass is 603 g/mol. The Labute approximate surface area is 249 Å². The Kier molecular flexibility index (Phi) is 7.74. The number of anilines is 2. The van der Waals surface area contributed by atoms with Crippen molar-refractivity contribution in [2.24, 2.45) is 0 Å². The summed E-state index contributed by atoms with van der Waals surface area (Å²) in [6.07, 6.45) is 5.38. The van der Waals surface area contributed by atoms with Crippen LogP contribution in [-0.2, 0) is 6.54 Å². The Balaban J connectivity index is 1.14. The molecule has 0 radical (unpaired) electrons. The smallest absolute Gasteiger partial charge is 0.332 e. The van der Waals surface area contributed by atoms with Crippen LogP contribution in [0.1, 0.15) is 0 Å². The number of nitrogens with one attached hydrogen (secondary N) is 1. The highest BCUT2D eigenvalue weighted by molar-refractivity contribution is 7.22. The first kappa shape index (κ1) is 28.2. The lowest BCUT2D eigenvalue weighted by molar-refractivity contribution is 0.209. The molecule has 3 aromatic heterocycles. The number of urea groups is 2. The molecule has 1 saturated heterocycles. The minimum absolute atomic E-state index is 0.0341. The Hall–Kier alpha value is -4.88. The molecule has 4 heterocycles. The summed E-state index contributed by atoms with van der Waals surface area (Å²) < 4.78 is 37.1. The van der Waals surface area contributed by atoms with Crippen molar-refractivity contribution in [3.05, 3.63) is 85.0 Å². The van der Waals surface area contributed by atoms with Crippen LogP contribution in [0.5, 0.6) is 11.5 Å². The second-order valence-corrected chi connectivity index (χ2v) is 11.2. The summed E-state index contributed by atoms with van der Waals surface area (Å²) in [6, 6.07) is 11.8. The number of ether oxygens (including phenoxy) is 1.